The number of halogens is 1. The van der Waals surface area contributed by atoms with Gasteiger partial charge in [-0.1, -0.05) is 19.9 Å². The molecule has 100 valence electrons. The van der Waals surface area contributed by atoms with Gasteiger partial charge in [-0.25, -0.2) is 4.39 Å². The van der Waals surface area contributed by atoms with E-state index in [-0.39, 0.29) is 11.5 Å². The average Bonchev–Trinajstić information content (AvgIpc) is 2.35. The second-order valence-corrected chi connectivity index (χ2v) is 5.56. The zero-order chi connectivity index (χ0) is 13.1. The summed E-state index contributed by atoms with van der Waals surface area (Å²) < 4.78 is 19.2. The van der Waals surface area contributed by atoms with Crippen LogP contribution in [-0.4, -0.2) is 6.10 Å². The van der Waals surface area contributed by atoms with Crippen LogP contribution in [0.1, 0.15) is 38.7 Å². The number of ether oxygens (including phenoxy) is 1. The van der Waals surface area contributed by atoms with Gasteiger partial charge in [0.15, 0.2) is 0 Å². The van der Waals surface area contributed by atoms with Crippen LogP contribution in [0.2, 0.25) is 0 Å². The molecule has 2 nitrogen and oxygen atoms in total. The molecular formula is C15H22FNO. The van der Waals surface area contributed by atoms with Gasteiger partial charge in [0.1, 0.15) is 5.82 Å². The van der Waals surface area contributed by atoms with E-state index in [0.29, 0.717) is 18.6 Å². The highest BCUT2D eigenvalue weighted by Gasteiger charge is 2.24. The molecule has 3 heteroatoms. The first-order valence-corrected chi connectivity index (χ1v) is 6.71. The fraction of sp³-hybridized carbons (Fsp3) is 0.600. The lowest BCUT2D eigenvalue weighted by Gasteiger charge is -2.32. The molecule has 1 aromatic rings. The topological polar surface area (TPSA) is 35.2 Å². The van der Waals surface area contributed by atoms with Gasteiger partial charge in [0.25, 0.3) is 0 Å². The lowest BCUT2D eigenvalue weighted by molar-refractivity contribution is -0.00752. The van der Waals surface area contributed by atoms with E-state index in [1.54, 1.807) is 6.07 Å². The van der Waals surface area contributed by atoms with Gasteiger partial charge in [-0.05, 0) is 48.8 Å². The number of nitrogens with two attached hydrogens (primary N) is 1. The van der Waals surface area contributed by atoms with Gasteiger partial charge in [0.05, 0.1) is 18.4 Å². The highest BCUT2D eigenvalue weighted by Crippen LogP contribution is 2.31. The lowest BCUT2D eigenvalue weighted by Crippen LogP contribution is -2.26. The summed E-state index contributed by atoms with van der Waals surface area (Å²) in [6, 6.07) is 4.89. The summed E-state index contributed by atoms with van der Waals surface area (Å²) in [7, 11) is 0. The van der Waals surface area contributed by atoms with Crippen LogP contribution in [0.4, 0.5) is 10.1 Å². The molecule has 1 aliphatic rings. The Morgan fingerprint density at radius 2 is 2.06 bits per heavy atom. The largest absolute Gasteiger partial charge is 0.396 e. The number of hydrogen-bond donors (Lipinski definition) is 1. The smallest absolute Gasteiger partial charge is 0.146 e. The van der Waals surface area contributed by atoms with Crippen LogP contribution in [0.3, 0.4) is 0 Å². The van der Waals surface area contributed by atoms with Crippen LogP contribution in [0.5, 0.6) is 0 Å². The lowest BCUT2D eigenvalue weighted by atomic mass is 9.80. The van der Waals surface area contributed by atoms with E-state index in [2.05, 4.69) is 13.8 Å². The number of rotatable bonds is 3. The third-order valence-corrected chi connectivity index (χ3v) is 4.10. The van der Waals surface area contributed by atoms with Crippen LogP contribution >= 0.6 is 0 Å². The first kappa shape index (κ1) is 13.3. The molecule has 0 aromatic heterocycles. The van der Waals surface area contributed by atoms with Gasteiger partial charge in [-0.2, -0.15) is 0 Å². The molecule has 0 amide bonds. The van der Waals surface area contributed by atoms with E-state index >= 15 is 0 Å². The van der Waals surface area contributed by atoms with Crippen molar-refractivity contribution >= 4 is 5.69 Å². The van der Waals surface area contributed by atoms with Crippen molar-refractivity contribution in [2.45, 2.75) is 45.8 Å². The quantitative estimate of drug-likeness (QED) is 0.830. The molecular weight excluding hydrogens is 229 g/mol. The predicted molar refractivity (Wildman–Crippen MR) is 71.6 cm³/mol. The van der Waals surface area contributed by atoms with Crippen LogP contribution in [-0.2, 0) is 11.3 Å². The fourth-order valence-corrected chi connectivity index (χ4v) is 2.52. The summed E-state index contributed by atoms with van der Waals surface area (Å²) in [5.41, 5.74) is 6.49. The molecule has 0 heterocycles. The minimum atomic E-state index is -0.360. The van der Waals surface area contributed by atoms with E-state index in [0.717, 1.165) is 24.3 Å². The van der Waals surface area contributed by atoms with E-state index in [1.165, 1.54) is 12.5 Å². The van der Waals surface area contributed by atoms with E-state index in [4.69, 9.17) is 10.5 Å². The molecule has 0 saturated heterocycles. The van der Waals surface area contributed by atoms with Crippen molar-refractivity contribution in [1.29, 1.82) is 0 Å². The van der Waals surface area contributed by atoms with Gasteiger partial charge in [-0.3, -0.25) is 0 Å². The Bertz CT molecular complexity index is 407. The number of nitrogen functional groups attached to an aromatic ring is 1. The molecule has 1 saturated carbocycles. The molecule has 0 radical (unpaired) electrons. The maximum atomic E-state index is 13.3. The van der Waals surface area contributed by atoms with Gasteiger partial charge in [-0.15, -0.1) is 0 Å². The molecule has 2 rings (SSSR count). The van der Waals surface area contributed by atoms with Crippen LogP contribution < -0.4 is 5.73 Å². The monoisotopic (exact) mass is 251 g/mol. The Morgan fingerprint density at radius 3 is 2.72 bits per heavy atom. The Hall–Kier alpha value is -1.09. The summed E-state index contributed by atoms with van der Waals surface area (Å²) in [6.07, 6.45) is 3.76. The average molecular weight is 251 g/mol. The molecule has 0 spiro atoms. The molecule has 3 atom stereocenters. The third kappa shape index (κ3) is 3.22. The predicted octanol–water partition coefficient (Wildman–Crippen LogP) is 3.75. The van der Waals surface area contributed by atoms with Crippen molar-refractivity contribution in [3.63, 3.8) is 0 Å². The fourth-order valence-electron chi connectivity index (χ4n) is 2.52. The van der Waals surface area contributed by atoms with E-state index in [1.807, 2.05) is 6.07 Å². The van der Waals surface area contributed by atoms with Crippen molar-refractivity contribution in [1.82, 2.24) is 0 Å². The standard InChI is InChI=1S/C15H22FNO/c1-10-3-5-13(7-11(10)2)18-9-12-4-6-15(17)14(16)8-12/h4,6,8,10-11,13H,3,5,7,9,17H2,1-2H3. The summed E-state index contributed by atoms with van der Waals surface area (Å²) in [5.74, 6) is 1.15. The van der Waals surface area contributed by atoms with Crippen molar-refractivity contribution in [3.05, 3.63) is 29.6 Å². The summed E-state index contributed by atoms with van der Waals surface area (Å²) in [4.78, 5) is 0. The number of benzene rings is 1. The van der Waals surface area contributed by atoms with Crippen LogP contribution in [0, 0.1) is 17.7 Å². The van der Waals surface area contributed by atoms with Gasteiger partial charge >= 0.3 is 0 Å². The Labute approximate surface area is 108 Å². The maximum absolute atomic E-state index is 13.3. The third-order valence-electron chi connectivity index (χ3n) is 4.10. The summed E-state index contributed by atoms with van der Waals surface area (Å²) >= 11 is 0. The minimum absolute atomic E-state index is 0.193. The first-order valence-electron chi connectivity index (χ1n) is 6.71. The van der Waals surface area contributed by atoms with E-state index < -0.39 is 0 Å². The number of hydrogen-bond acceptors (Lipinski definition) is 2. The van der Waals surface area contributed by atoms with Gasteiger partial charge in [0.2, 0.25) is 0 Å². The molecule has 0 aliphatic heterocycles. The second kappa shape index (κ2) is 5.70. The minimum Gasteiger partial charge on any atom is -0.396 e. The van der Waals surface area contributed by atoms with E-state index in [9.17, 15) is 4.39 Å². The Kier molecular flexibility index (Phi) is 4.23. The summed E-state index contributed by atoms with van der Waals surface area (Å²) in [5, 5.41) is 0. The second-order valence-electron chi connectivity index (χ2n) is 5.56. The zero-order valence-corrected chi connectivity index (χ0v) is 11.2. The van der Waals surface area contributed by atoms with Gasteiger partial charge < -0.3 is 10.5 Å². The van der Waals surface area contributed by atoms with Crippen LogP contribution in [0.25, 0.3) is 0 Å². The first-order chi connectivity index (χ1) is 8.56. The molecule has 1 fully saturated rings. The Morgan fingerprint density at radius 1 is 1.28 bits per heavy atom. The zero-order valence-electron chi connectivity index (χ0n) is 11.2. The molecule has 1 aromatic carbocycles. The van der Waals surface area contributed by atoms with Crippen molar-refractivity contribution in [2.75, 3.05) is 5.73 Å². The van der Waals surface area contributed by atoms with Crippen molar-refractivity contribution < 1.29 is 9.13 Å². The molecule has 18 heavy (non-hydrogen) atoms. The molecule has 0 bridgehead atoms. The highest BCUT2D eigenvalue weighted by molar-refractivity contribution is 5.41. The number of anilines is 1. The summed E-state index contributed by atoms with van der Waals surface area (Å²) in [6.45, 7) is 5.06. The molecule has 2 N–H and O–H groups in total. The van der Waals surface area contributed by atoms with Crippen LogP contribution in [0.15, 0.2) is 18.2 Å². The normalized spacial score (nSPS) is 28.3. The highest BCUT2D eigenvalue weighted by atomic mass is 19.1. The maximum Gasteiger partial charge on any atom is 0.146 e. The van der Waals surface area contributed by atoms with Gasteiger partial charge in [0, 0.05) is 0 Å². The van der Waals surface area contributed by atoms with Crippen molar-refractivity contribution in [2.24, 2.45) is 11.8 Å². The van der Waals surface area contributed by atoms with Crippen molar-refractivity contribution in [3.8, 4) is 0 Å². The molecule has 3 unspecified atom stereocenters. The Balaban J connectivity index is 1.86. The SMILES string of the molecule is CC1CCC(OCc2ccc(N)c(F)c2)CC1C. The molecule has 1 aliphatic carbocycles.